The zero-order valence-electron chi connectivity index (χ0n) is 12.1. The number of benzene rings is 1. The summed E-state index contributed by atoms with van der Waals surface area (Å²) < 4.78 is 5.08. The molecule has 5 atom stereocenters. The predicted octanol–water partition coefficient (Wildman–Crippen LogP) is -1.26. The molecule has 0 radical (unpaired) electrons. The number of hydrogen-bond acceptors (Lipinski definition) is 7. The van der Waals surface area contributed by atoms with E-state index in [2.05, 4.69) is 10.3 Å². The van der Waals surface area contributed by atoms with Gasteiger partial charge in [-0.25, -0.2) is 0 Å². The number of H-pyrrole nitrogens is 1. The molecule has 2 heterocycles. The molecule has 0 aliphatic carbocycles. The van der Waals surface area contributed by atoms with E-state index in [1.807, 2.05) is 0 Å². The second-order valence-corrected chi connectivity index (χ2v) is 5.52. The lowest BCUT2D eigenvalue weighted by molar-refractivity contribution is -0.245. The number of rotatable bonds is 3. The fourth-order valence-electron chi connectivity index (χ4n) is 2.68. The minimum Gasteiger partial charge on any atom is -0.394 e. The van der Waals surface area contributed by atoms with Crippen LogP contribution in [0.3, 0.4) is 0 Å². The lowest BCUT2D eigenvalue weighted by Gasteiger charge is -2.40. The Kier molecular flexibility index (Phi) is 4.33. The average Bonchev–Trinajstić information content (AvgIpc) is 2.54. The average molecular weight is 322 g/mol. The van der Waals surface area contributed by atoms with Crippen molar-refractivity contribution in [2.24, 2.45) is 0 Å². The van der Waals surface area contributed by atoms with Crippen LogP contribution in [0.25, 0.3) is 10.9 Å². The summed E-state index contributed by atoms with van der Waals surface area (Å²) in [5, 5.41) is 42.7. The molecule has 23 heavy (non-hydrogen) atoms. The van der Waals surface area contributed by atoms with E-state index in [-0.39, 0.29) is 5.56 Å². The van der Waals surface area contributed by atoms with Crippen molar-refractivity contribution in [3.05, 3.63) is 40.7 Å². The summed E-state index contributed by atoms with van der Waals surface area (Å²) in [7, 11) is 0. The maximum absolute atomic E-state index is 11.4. The van der Waals surface area contributed by atoms with Crippen LogP contribution in [-0.4, -0.2) is 62.7 Å². The number of aromatic nitrogens is 1. The molecule has 1 aromatic heterocycles. The van der Waals surface area contributed by atoms with Gasteiger partial charge in [0, 0.05) is 11.8 Å². The second-order valence-electron chi connectivity index (χ2n) is 5.52. The second kappa shape index (κ2) is 6.26. The van der Waals surface area contributed by atoms with Crippen LogP contribution >= 0.6 is 0 Å². The summed E-state index contributed by atoms with van der Waals surface area (Å²) in [6.45, 7) is -0.515. The molecule has 124 valence electrons. The molecular weight excluding hydrogens is 304 g/mol. The molecule has 1 fully saturated rings. The van der Waals surface area contributed by atoms with Gasteiger partial charge >= 0.3 is 0 Å². The Morgan fingerprint density at radius 1 is 1.13 bits per heavy atom. The molecule has 1 aromatic carbocycles. The molecular formula is C15H18N2O6. The van der Waals surface area contributed by atoms with E-state index in [9.17, 15) is 20.1 Å². The highest BCUT2D eigenvalue weighted by molar-refractivity contribution is 5.81. The molecule has 8 heteroatoms. The van der Waals surface area contributed by atoms with Crippen molar-refractivity contribution >= 4 is 16.6 Å². The van der Waals surface area contributed by atoms with Crippen LogP contribution in [-0.2, 0) is 4.74 Å². The van der Waals surface area contributed by atoms with Crippen molar-refractivity contribution in [2.45, 2.75) is 30.6 Å². The van der Waals surface area contributed by atoms with Crippen LogP contribution in [0, 0.1) is 0 Å². The zero-order valence-corrected chi connectivity index (χ0v) is 12.1. The Morgan fingerprint density at radius 3 is 2.61 bits per heavy atom. The SMILES string of the molecule is O=c1ccc2ccc(NC3C(O)OC(CO)[C@@H](O)C3O)cc2[nH]1. The van der Waals surface area contributed by atoms with E-state index in [0.717, 1.165) is 5.39 Å². The molecule has 1 saturated heterocycles. The van der Waals surface area contributed by atoms with Crippen LogP contribution in [0.15, 0.2) is 35.1 Å². The smallest absolute Gasteiger partial charge is 0.248 e. The van der Waals surface area contributed by atoms with Gasteiger partial charge in [-0.1, -0.05) is 6.07 Å². The minimum absolute atomic E-state index is 0.239. The highest BCUT2D eigenvalue weighted by atomic mass is 16.6. The van der Waals surface area contributed by atoms with Gasteiger partial charge in [0.05, 0.1) is 12.1 Å². The van der Waals surface area contributed by atoms with Crippen LogP contribution in [0.5, 0.6) is 0 Å². The lowest BCUT2D eigenvalue weighted by atomic mass is 9.97. The van der Waals surface area contributed by atoms with Crippen LogP contribution in [0.2, 0.25) is 0 Å². The largest absolute Gasteiger partial charge is 0.394 e. The van der Waals surface area contributed by atoms with E-state index in [1.165, 1.54) is 6.07 Å². The van der Waals surface area contributed by atoms with Gasteiger partial charge in [-0.2, -0.15) is 0 Å². The fraction of sp³-hybridized carbons (Fsp3) is 0.400. The maximum Gasteiger partial charge on any atom is 0.248 e. The van der Waals surface area contributed by atoms with Crippen molar-refractivity contribution in [3.63, 3.8) is 0 Å². The number of aliphatic hydroxyl groups is 4. The number of aliphatic hydroxyl groups excluding tert-OH is 4. The number of fused-ring (bicyclic) bond motifs is 1. The molecule has 8 nitrogen and oxygen atoms in total. The first-order valence-corrected chi connectivity index (χ1v) is 7.20. The summed E-state index contributed by atoms with van der Waals surface area (Å²) in [4.78, 5) is 14.0. The third-order valence-corrected chi connectivity index (χ3v) is 3.96. The Morgan fingerprint density at radius 2 is 1.87 bits per heavy atom. The van der Waals surface area contributed by atoms with Gasteiger partial charge in [-0.3, -0.25) is 4.79 Å². The van der Waals surface area contributed by atoms with Crippen molar-refractivity contribution in [3.8, 4) is 0 Å². The zero-order chi connectivity index (χ0) is 16.6. The molecule has 4 unspecified atom stereocenters. The van der Waals surface area contributed by atoms with Gasteiger partial charge in [-0.05, 0) is 23.6 Å². The first kappa shape index (κ1) is 15.9. The van der Waals surface area contributed by atoms with E-state index >= 15 is 0 Å². The highest BCUT2D eigenvalue weighted by Gasteiger charge is 2.43. The monoisotopic (exact) mass is 322 g/mol. The number of pyridine rings is 1. The number of aromatic amines is 1. The Labute approximate surface area is 131 Å². The molecule has 1 aliphatic heterocycles. The third kappa shape index (κ3) is 3.07. The Balaban J connectivity index is 1.84. The minimum atomic E-state index is -1.41. The summed E-state index contributed by atoms with van der Waals surface area (Å²) in [6.07, 6.45) is -5.12. The molecule has 3 rings (SSSR count). The molecule has 1 aliphatic rings. The van der Waals surface area contributed by atoms with Gasteiger partial charge in [0.1, 0.15) is 24.4 Å². The summed E-state index contributed by atoms with van der Waals surface area (Å²) >= 11 is 0. The maximum atomic E-state index is 11.4. The predicted molar refractivity (Wildman–Crippen MR) is 82.0 cm³/mol. The van der Waals surface area contributed by atoms with Crippen molar-refractivity contribution < 1.29 is 25.2 Å². The van der Waals surface area contributed by atoms with Crippen molar-refractivity contribution in [2.75, 3.05) is 11.9 Å². The molecule has 0 spiro atoms. The van der Waals surface area contributed by atoms with Crippen LogP contribution in [0.4, 0.5) is 5.69 Å². The molecule has 0 saturated carbocycles. The van der Waals surface area contributed by atoms with Crippen LogP contribution < -0.4 is 10.9 Å². The van der Waals surface area contributed by atoms with Gasteiger partial charge in [0.25, 0.3) is 0 Å². The number of hydrogen-bond donors (Lipinski definition) is 6. The number of ether oxygens (including phenoxy) is 1. The summed E-state index contributed by atoms with van der Waals surface area (Å²) in [6, 6.07) is 7.25. The molecule has 2 aromatic rings. The highest BCUT2D eigenvalue weighted by Crippen LogP contribution is 2.24. The number of nitrogens with one attached hydrogen (secondary N) is 2. The van der Waals surface area contributed by atoms with Crippen LogP contribution in [0.1, 0.15) is 0 Å². The first-order valence-electron chi connectivity index (χ1n) is 7.20. The fourth-order valence-corrected chi connectivity index (χ4v) is 2.68. The standard InChI is InChI=1S/C15H18N2O6/c18-6-10-13(20)14(21)12(15(22)23-10)16-8-3-1-7-2-4-11(19)17-9(7)5-8/h1-5,10,12-16,18,20-22H,6H2,(H,17,19)/t10?,12?,13-,14?,15?/m1/s1. The quantitative estimate of drug-likeness (QED) is 0.415. The number of anilines is 1. The van der Waals surface area contributed by atoms with Gasteiger partial charge in [0.15, 0.2) is 6.29 Å². The van der Waals surface area contributed by atoms with Gasteiger partial charge in [-0.15, -0.1) is 0 Å². The Hall–Kier alpha value is -1.97. The summed E-state index contributed by atoms with van der Waals surface area (Å²) in [5.41, 5.74) is 0.884. The van der Waals surface area contributed by atoms with Gasteiger partial charge < -0.3 is 35.5 Å². The topological polar surface area (TPSA) is 135 Å². The van der Waals surface area contributed by atoms with Crippen molar-refractivity contribution in [1.29, 1.82) is 0 Å². The van der Waals surface area contributed by atoms with Gasteiger partial charge in [0.2, 0.25) is 5.56 Å². The Bertz CT molecular complexity index is 748. The normalized spacial score (nSPS) is 31.2. The molecule has 6 N–H and O–H groups in total. The van der Waals surface area contributed by atoms with E-state index < -0.39 is 37.3 Å². The van der Waals surface area contributed by atoms with E-state index in [4.69, 9.17) is 9.84 Å². The van der Waals surface area contributed by atoms with E-state index in [1.54, 1.807) is 24.3 Å². The lowest BCUT2D eigenvalue weighted by Crippen LogP contribution is -2.61. The van der Waals surface area contributed by atoms with E-state index in [0.29, 0.717) is 11.2 Å². The van der Waals surface area contributed by atoms with Crippen molar-refractivity contribution in [1.82, 2.24) is 4.98 Å². The first-order chi connectivity index (χ1) is 11.0. The summed E-state index contributed by atoms with van der Waals surface area (Å²) in [5.74, 6) is 0. The molecule has 0 amide bonds. The third-order valence-electron chi connectivity index (χ3n) is 3.96. The molecule has 0 bridgehead atoms.